The van der Waals surface area contributed by atoms with Crippen LogP contribution in [0.1, 0.15) is 24.1 Å². The minimum absolute atomic E-state index is 0.248. The maximum Gasteiger partial charge on any atom is 0.0506 e. The lowest BCUT2D eigenvalue weighted by Crippen LogP contribution is -2.19. The van der Waals surface area contributed by atoms with E-state index >= 15 is 0 Å². The summed E-state index contributed by atoms with van der Waals surface area (Å²) >= 11 is 3.48. The maximum absolute atomic E-state index is 3.85. The van der Waals surface area contributed by atoms with E-state index in [4.69, 9.17) is 0 Å². The lowest BCUT2D eigenvalue weighted by Gasteiger charge is -2.16. The molecule has 1 aromatic rings. The van der Waals surface area contributed by atoms with Crippen molar-refractivity contribution in [1.82, 2.24) is 5.32 Å². The second-order valence-electron chi connectivity index (χ2n) is 3.27. The minimum Gasteiger partial charge on any atom is -0.307 e. The molecule has 0 aliphatic carbocycles. The van der Waals surface area contributed by atoms with E-state index < -0.39 is 0 Å². The van der Waals surface area contributed by atoms with Gasteiger partial charge in [0, 0.05) is 4.47 Å². The zero-order chi connectivity index (χ0) is 10.6. The molecule has 76 valence electrons. The Morgan fingerprint density at radius 3 is 2.86 bits per heavy atom. The summed E-state index contributed by atoms with van der Waals surface area (Å²) in [5, 5.41) is 3.38. The molecule has 0 aliphatic rings. The van der Waals surface area contributed by atoms with E-state index in [1.165, 1.54) is 11.1 Å². The average Bonchev–Trinajstić information content (AvgIpc) is 2.18. The van der Waals surface area contributed by atoms with Gasteiger partial charge in [0.1, 0.15) is 0 Å². The van der Waals surface area contributed by atoms with Crippen LogP contribution in [0.5, 0.6) is 0 Å². The predicted molar refractivity (Wildman–Crippen MR) is 65.5 cm³/mol. The summed E-state index contributed by atoms with van der Waals surface area (Å²) in [7, 11) is 0. The first-order valence-electron chi connectivity index (χ1n) is 4.81. The van der Waals surface area contributed by atoms with E-state index in [9.17, 15) is 0 Å². The topological polar surface area (TPSA) is 12.0 Å². The van der Waals surface area contributed by atoms with Crippen LogP contribution in [-0.4, -0.2) is 6.54 Å². The molecule has 1 atom stereocenters. The van der Waals surface area contributed by atoms with Gasteiger partial charge in [-0.1, -0.05) is 35.0 Å². The summed E-state index contributed by atoms with van der Waals surface area (Å²) in [5.41, 5.74) is 2.58. The number of benzene rings is 1. The van der Waals surface area contributed by atoms with Gasteiger partial charge in [0.25, 0.3) is 0 Å². The molecular formula is C12H16BrN. The fourth-order valence-corrected chi connectivity index (χ4v) is 1.87. The fraction of sp³-hybridized carbons (Fsp3) is 0.333. The number of halogens is 1. The van der Waals surface area contributed by atoms with E-state index in [1.807, 2.05) is 6.08 Å². The summed E-state index contributed by atoms with van der Waals surface area (Å²) in [4.78, 5) is 0. The standard InChI is InChI=1S/C12H16BrN/c1-4-12(14-5-2)11-8-10(13)7-6-9(11)3/h4,6-8,12,14H,1,5H2,2-3H3. The van der Waals surface area contributed by atoms with Crippen molar-refractivity contribution in [2.75, 3.05) is 6.54 Å². The Kier molecular flexibility index (Phi) is 4.36. The SMILES string of the molecule is C=CC(NCC)c1cc(Br)ccc1C. The summed E-state index contributed by atoms with van der Waals surface area (Å²) < 4.78 is 1.11. The Labute approximate surface area is 94.3 Å². The lowest BCUT2D eigenvalue weighted by molar-refractivity contribution is 0.646. The quantitative estimate of drug-likeness (QED) is 0.809. The lowest BCUT2D eigenvalue weighted by atomic mass is 10.0. The summed E-state index contributed by atoms with van der Waals surface area (Å²) in [5.74, 6) is 0. The van der Waals surface area contributed by atoms with Crippen molar-refractivity contribution >= 4 is 15.9 Å². The average molecular weight is 254 g/mol. The number of rotatable bonds is 4. The highest BCUT2D eigenvalue weighted by Crippen LogP contribution is 2.22. The van der Waals surface area contributed by atoms with Crippen molar-refractivity contribution in [3.8, 4) is 0 Å². The first-order valence-corrected chi connectivity index (χ1v) is 5.60. The highest BCUT2D eigenvalue weighted by Gasteiger charge is 2.08. The van der Waals surface area contributed by atoms with Crippen LogP contribution in [0, 0.1) is 6.92 Å². The molecule has 0 amide bonds. The Balaban J connectivity index is 3.01. The molecule has 0 spiro atoms. The molecule has 2 heteroatoms. The van der Waals surface area contributed by atoms with Crippen molar-refractivity contribution < 1.29 is 0 Å². The third-order valence-electron chi connectivity index (χ3n) is 2.24. The van der Waals surface area contributed by atoms with Gasteiger partial charge < -0.3 is 5.32 Å². The molecule has 14 heavy (non-hydrogen) atoms. The van der Waals surface area contributed by atoms with Crippen molar-refractivity contribution in [2.45, 2.75) is 19.9 Å². The number of likely N-dealkylation sites (N-methyl/N-ethyl adjacent to an activating group) is 1. The van der Waals surface area contributed by atoms with Crippen LogP contribution in [0.4, 0.5) is 0 Å². The molecule has 1 nitrogen and oxygen atoms in total. The van der Waals surface area contributed by atoms with Gasteiger partial charge in [0.2, 0.25) is 0 Å². The molecule has 0 bridgehead atoms. The van der Waals surface area contributed by atoms with Crippen LogP contribution < -0.4 is 5.32 Å². The second-order valence-corrected chi connectivity index (χ2v) is 4.19. The van der Waals surface area contributed by atoms with E-state index in [2.05, 4.69) is 59.9 Å². The zero-order valence-corrected chi connectivity index (χ0v) is 10.3. The first kappa shape index (κ1) is 11.5. The Morgan fingerprint density at radius 2 is 2.29 bits per heavy atom. The van der Waals surface area contributed by atoms with Gasteiger partial charge >= 0.3 is 0 Å². The van der Waals surface area contributed by atoms with Crippen molar-refractivity contribution in [1.29, 1.82) is 0 Å². The van der Waals surface area contributed by atoms with Gasteiger partial charge in [0.05, 0.1) is 6.04 Å². The molecule has 0 aliphatic heterocycles. The molecule has 0 saturated carbocycles. The molecule has 0 aromatic heterocycles. The summed E-state index contributed by atoms with van der Waals surface area (Å²) in [6.45, 7) is 9.02. The van der Waals surface area contributed by atoms with Crippen LogP contribution in [-0.2, 0) is 0 Å². The first-order chi connectivity index (χ1) is 6.69. The summed E-state index contributed by atoms with van der Waals surface area (Å²) in [6, 6.07) is 6.57. The highest BCUT2D eigenvalue weighted by atomic mass is 79.9. The van der Waals surface area contributed by atoms with Crippen LogP contribution in [0.25, 0.3) is 0 Å². The molecule has 1 rings (SSSR count). The highest BCUT2D eigenvalue weighted by molar-refractivity contribution is 9.10. The Bertz CT molecular complexity index is 320. The van der Waals surface area contributed by atoms with Crippen LogP contribution in [0.15, 0.2) is 35.3 Å². The second kappa shape index (κ2) is 5.32. The third-order valence-corrected chi connectivity index (χ3v) is 2.73. The van der Waals surface area contributed by atoms with Crippen LogP contribution in [0.2, 0.25) is 0 Å². The van der Waals surface area contributed by atoms with Gasteiger partial charge in [-0.3, -0.25) is 0 Å². The molecule has 0 heterocycles. The van der Waals surface area contributed by atoms with Crippen molar-refractivity contribution in [3.05, 3.63) is 46.5 Å². The van der Waals surface area contributed by atoms with E-state index in [-0.39, 0.29) is 6.04 Å². The molecule has 1 aromatic carbocycles. The monoisotopic (exact) mass is 253 g/mol. The van der Waals surface area contributed by atoms with Gasteiger partial charge in [-0.15, -0.1) is 6.58 Å². The molecule has 0 saturated heterocycles. The largest absolute Gasteiger partial charge is 0.307 e. The van der Waals surface area contributed by atoms with Crippen LogP contribution in [0.3, 0.4) is 0 Å². The number of nitrogens with one attached hydrogen (secondary N) is 1. The van der Waals surface area contributed by atoms with Gasteiger partial charge in [-0.2, -0.15) is 0 Å². The normalized spacial score (nSPS) is 12.5. The van der Waals surface area contributed by atoms with Crippen molar-refractivity contribution in [2.24, 2.45) is 0 Å². The third kappa shape index (κ3) is 2.69. The number of aryl methyl sites for hydroxylation is 1. The number of hydrogen-bond acceptors (Lipinski definition) is 1. The zero-order valence-electron chi connectivity index (χ0n) is 8.68. The molecule has 1 N–H and O–H groups in total. The van der Waals surface area contributed by atoms with Gasteiger partial charge in [-0.05, 0) is 36.7 Å². The Hall–Kier alpha value is -0.600. The predicted octanol–water partition coefficient (Wildman–Crippen LogP) is 3.59. The summed E-state index contributed by atoms with van der Waals surface area (Å²) in [6.07, 6.45) is 1.94. The maximum atomic E-state index is 3.85. The molecular weight excluding hydrogens is 238 g/mol. The fourth-order valence-electron chi connectivity index (χ4n) is 1.49. The van der Waals surface area contributed by atoms with Crippen LogP contribution >= 0.6 is 15.9 Å². The molecule has 1 unspecified atom stereocenters. The van der Waals surface area contributed by atoms with Crippen molar-refractivity contribution in [3.63, 3.8) is 0 Å². The number of hydrogen-bond donors (Lipinski definition) is 1. The molecule has 0 radical (unpaired) electrons. The van der Waals surface area contributed by atoms with E-state index in [0.717, 1.165) is 11.0 Å². The van der Waals surface area contributed by atoms with E-state index in [1.54, 1.807) is 0 Å². The van der Waals surface area contributed by atoms with Gasteiger partial charge in [0.15, 0.2) is 0 Å². The van der Waals surface area contributed by atoms with E-state index in [0.29, 0.717) is 0 Å². The minimum atomic E-state index is 0.248. The smallest absolute Gasteiger partial charge is 0.0506 e. The van der Waals surface area contributed by atoms with Gasteiger partial charge in [-0.25, -0.2) is 0 Å². The molecule has 0 fully saturated rings. The Morgan fingerprint density at radius 1 is 1.57 bits per heavy atom.